The summed E-state index contributed by atoms with van der Waals surface area (Å²) in [4.78, 5) is 2.39. The fourth-order valence-electron chi connectivity index (χ4n) is 7.06. The minimum Gasteiger partial charge on any atom is -0.308 e. The number of aromatic nitrogens is 1. The van der Waals surface area contributed by atoms with Crippen LogP contribution in [0.5, 0.6) is 0 Å². The van der Waals surface area contributed by atoms with Crippen LogP contribution in [0.2, 0.25) is 0 Å². The molecule has 0 amide bonds. The van der Waals surface area contributed by atoms with Crippen molar-refractivity contribution in [3.63, 3.8) is 0 Å². The smallest absolute Gasteiger partial charge is 0.0782 e. The van der Waals surface area contributed by atoms with Crippen LogP contribution in [0.15, 0.2) is 194 Å². The first-order chi connectivity index (χ1) is 23.8. The molecule has 9 rings (SSSR count). The van der Waals surface area contributed by atoms with Crippen molar-refractivity contribution in [1.82, 2.24) is 4.57 Å². The Morgan fingerprint density at radius 1 is 0.354 bits per heavy atom. The van der Waals surface area contributed by atoms with Crippen LogP contribution < -0.4 is 4.90 Å². The normalized spacial score (nSPS) is 11.3. The first kappa shape index (κ1) is 27.9. The molecule has 0 N–H and O–H groups in total. The third-order valence-corrected chi connectivity index (χ3v) is 9.37. The van der Waals surface area contributed by atoms with E-state index >= 15 is 0 Å². The van der Waals surface area contributed by atoms with Crippen molar-refractivity contribution >= 4 is 49.6 Å². The average molecular weight is 613 g/mol. The quantitative estimate of drug-likeness (QED) is 0.181. The van der Waals surface area contributed by atoms with Crippen LogP contribution in [-0.4, -0.2) is 4.57 Å². The standard InChI is InChI=1S/C46H32N2/c1-3-12-33(13-4-1)35-24-30-41(31-25-35)48-44-20-10-9-18-42(44)43-19-11-21-45(46(43)48)47(39-16-5-2-6-17-39)40-28-26-36(27-29-40)38-23-22-34-14-7-8-15-37(34)32-38/h1-32H. The van der Waals surface area contributed by atoms with E-state index in [4.69, 9.17) is 0 Å². The van der Waals surface area contributed by atoms with Crippen molar-refractivity contribution in [2.45, 2.75) is 0 Å². The van der Waals surface area contributed by atoms with Gasteiger partial charge in [-0.3, -0.25) is 0 Å². The van der Waals surface area contributed by atoms with Crippen molar-refractivity contribution in [2.24, 2.45) is 0 Å². The molecule has 9 aromatic rings. The molecule has 0 bridgehead atoms. The van der Waals surface area contributed by atoms with Gasteiger partial charge in [-0.05, 0) is 87.6 Å². The summed E-state index contributed by atoms with van der Waals surface area (Å²) in [6, 6.07) is 69.9. The summed E-state index contributed by atoms with van der Waals surface area (Å²) in [6.07, 6.45) is 0. The van der Waals surface area contributed by atoms with Crippen molar-refractivity contribution < 1.29 is 0 Å². The number of anilines is 3. The number of hydrogen-bond donors (Lipinski definition) is 0. The maximum absolute atomic E-state index is 2.42. The number of nitrogens with zero attached hydrogens (tertiary/aromatic N) is 2. The van der Waals surface area contributed by atoms with E-state index in [1.807, 2.05) is 0 Å². The van der Waals surface area contributed by atoms with Crippen molar-refractivity contribution in [1.29, 1.82) is 0 Å². The van der Waals surface area contributed by atoms with Gasteiger partial charge in [-0.2, -0.15) is 0 Å². The van der Waals surface area contributed by atoms with Gasteiger partial charge in [0, 0.05) is 27.8 Å². The van der Waals surface area contributed by atoms with Crippen LogP contribution in [0.3, 0.4) is 0 Å². The second-order valence-corrected chi connectivity index (χ2v) is 12.2. The highest BCUT2D eigenvalue weighted by molar-refractivity contribution is 6.14. The Morgan fingerprint density at radius 2 is 0.917 bits per heavy atom. The monoisotopic (exact) mass is 612 g/mol. The molecule has 1 heterocycles. The second-order valence-electron chi connectivity index (χ2n) is 12.2. The fourth-order valence-corrected chi connectivity index (χ4v) is 7.06. The summed E-state index contributed by atoms with van der Waals surface area (Å²) >= 11 is 0. The van der Waals surface area contributed by atoms with E-state index in [1.165, 1.54) is 54.8 Å². The van der Waals surface area contributed by atoms with Gasteiger partial charge in [0.2, 0.25) is 0 Å². The maximum atomic E-state index is 2.42. The highest BCUT2D eigenvalue weighted by atomic mass is 15.2. The molecule has 0 saturated carbocycles. The summed E-state index contributed by atoms with van der Waals surface area (Å²) < 4.78 is 2.42. The molecule has 2 nitrogen and oxygen atoms in total. The second kappa shape index (κ2) is 11.8. The van der Waals surface area contributed by atoms with Gasteiger partial charge in [-0.15, -0.1) is 0 Å². The Balaban J connectivity index is 1.22. The van der Waals surface area contributed by atoms with Gasteiger partial charge in [0.15, 0.2) is 0 Å². The average Bonchev–Trinajstić information content (AvgIpc) is 3.51. The van der Waals surface area contributed by atoms with E-state index in [0.717, 1.165) is 22.7 Å². The summed E-state index contributed by atoms with van der Waals surface area (Å²) in [6.45, 7) is 0. The molecule has 226 valence electrons. The van der Waals surface area contributed by atoms with Crippen LogP contribution in [0.25, 0.3) is 60.5 Å². The molecule has 0 unspecified atom stereocenters. The van der Waals surface area contributed by atoms with Gasteiger partial charge in [0.1, 0.15) is 0 Å². The molecule has 8 aromatic carbocycles. The van der Waals surface area contributed by atoms with Crippen molar-refractivity contribution in [3.8, 4) is 27.9 Å². The molecule has 0 atom stereocenters. The fraction of sp³-hybridized carbons (Fsp3) is 0. The zero-order chi connectivity index (χ0) is 31.9. The van der Waals surface area contributed by atoms with Gasteiger partial charge >= 0.3 is 0 Å². The van der Waals surface area contributed by atoms with Crippen molar-refractivity contribution in [3.05, 3.63) is 194 Å². The van der Waals surface area contributed by atoms with Crippen LogP contribution in [0.4, 0.5) is 17.1 Å². The number of benzene rings is 8. The highest BCUT2D eigenvalue weighted by Crippen LogP contribution is 2.43. The lowest BCUT2D eigenvalue weighted by Crippen LogP contribution is -2.11. The van der Waals surface area contributed by atoms with Crippen LogP contribution in [-0.2, 0) is 0 Å². The minimum absolute atomic E-state index is 1.11. The molecule has 48 heavy (non-hydrogen) atoms. The van der Waals surface area contributed by atoms with Gasteiger partial charge in [0.25, 0.3) is 0 Å². The van der Waals surface area contributed by atoms with Gasteiger partial charge in [-0.1, -0.05) is 140 Å². The van der Waals surface area contributed by atoms with Gasteiger partial charge < -0.3 is 9.47 Å². The van der Waals surface area contributed by atoms with E-state index in [2.05, 4.69) is 204 Å². The van der Waals surface area contributed by atoms with E-state index in [1.54, 1.807) is 0 Å². The van der Waals surface area contributed by atoms with Crippen LogP contribution in [0.1, 0.15) is 0 Å². The van der Waals surface area contributed by atoms with E-state index < -0.39 is 0 Å². The Bertz CT molecular complexity index is 2530. The number of para-hydroxylation sites is 3. The third-order valence-electron chi connectivity index (χ3n) is 9.37. The summed E-state index contributed by atoms with van der Waals surface area (Å²) in [5.41, 5.74) is 11.7. The summed E-state index contributed by atoms with van der Waals surface area (Å²) in [5, 5.41) is 4.97. The highest BCUT2D eigenvalue weighted by Gasteiger charge is 2.21. The Labute approximate surface area is 280 Å². The van der Waals surface area contributed by atoms with Crippen molar-refractivity contribution in [2.75, 3.05) is 4.90 Å². The molecule has 1 aromatic heterocycles. The number of rotatable bonds is 6. The maximum Gasteiger partial charge on any atom is 0.0782 e. The first-order valence-electron chi connectivity index (χ1n) is 16.4. The molecule has 0 aliphatic heterocycles. The first-order valence-corrected chi connectivity index (χ1v) is 16.4. The zero-order valence-corrected chi connectivity index (χ0v) is 26.4. The lowest BCUT2D eigenvalue weighted by Gasteiger charge is -2.27. The molecule has 0 spiro atoms. The molecule has 0 radical (unpaired) electrons. The molecule has 0 saturated heterocycles. The number of hydrogen-bond acceptors (Lipinski definition) is 1. The Morgan fingerprint density at radius 3 is 1.71 bits per heavy atom. The van der Waals surface area contributed by atoms with Crippen LogP contribution in [0, 0.1) is 0 Å². The Hall–Kier alpha value is -6.38. The molecule has 0 fully saturated rings. The SMILES string of the molecule is c1ccc(-c2ccc(-n3c4ccccc4c4cccc(N(c5ccccc5)c5ccc(-c6ccc7ccccc7c6)cc5)c43)cc2)cc1. The lowest BCUT2D eigenvalue weighted by molar-refractivity contribution is 1.17. The van der Waals surface area contributed by atoms with Gasteiger partial charge in [-0.25, -0.2) is 0 Å². The number of fused-ring (bicyclic) bond motifs is 4. The predicted molar refractivity (Wildman–Crippen MR) is 204 cm³/mol. The van der Waals surface area contributed by atoms with E-state index in [0.29, 0.717) is 0 Å². The minimum atomic E-state index is 1.11. The molecular formula is C46H32N2. The molecule has 2 heteroatoms. The van der Waals surface area contributed by atoms with E-state index in [-0.39, 0.29) is 0 Å². The lowest BCUT2D eigenvalue weighted by atomic mass is 10.0. The Kier molecular flexibility index (Phi) is 6.84. The molecule has 0 aliphatic carbocycles. The zero-order valence-electron chi connectivity index (χ0n) is 26.4. The predicted octanol–water partition coefficient (Wildman–Crippen LogP) is 12.7. The summed E-state index contributed by atoms with van der Waals surface area (Å²) in [5.74, 6) is 0. The third kappa shape index (κ3) is 4.83. The topological polar surface area (TPSA) is 8.17 Å². The molecule has 0 aliphatic rings. The largest absolute Gasteiger partial charge is 0.308 e. The summed E-state index contributed by atoms with van der Waals surface area (Å²) in [7, 11) is 0. The van der Waals surface area contributed by atoms with Gasteiger partial charge in [0.05, 0.1) is 16.7 Å². The molecular weight excluding hydrogens is 581 g/mol. The van der Waals surface area contributed by atoms with E-state index in [9.17, 15) is 0 Å². The van der Waals surface area contributed by atoms with Crippen LogP contribution >= 0.6 is 0 Å².